The lowest BCUT2D eigenvalue weighted by Crippen LogP contribution is -2.34. The van der Waals surface area contributed by atoms with Gasteiger partial charge in [-0.3, -0.25) is 14.5 Å². The number of Topliss-reactive ketones (excluding diaryl/α,β-unsaturated/α-hetero) is 1. The Morgan fingerprint density at radius 1 is 1.38 bits per heavy atom. The lowest BCUT2D eigenvalue weighted by Gasteiger charge is -2.13. The lowest BCUT2D eigenvalue weighted by molar-refractivity contribution is -0.118. The van der Waals surface area contributed by atoms with Crippen LogP contribution in [0.2, 0.25) is 0 Å². The molecule has 0 fully saturated rings. The zero-order valence-electron chi connectivity index (χ0n) is 8.94. The van der Waals surface area contributed by atoms with Gasteiger partial charge in [-0.05, 0) is 19.2 Å². The van der Waals surface area contributed by atoms with Crippen LogP contribution in [-0.4, -0.2) is 36.7 Å². The van der Waals surface area contributed by atoms with Crippen molar-refractivity contribution in [2.24, 2.45) is 5.73 Å². The summed E-state index contributed by atoms with van der Waals surface area (Å²) in [5.41, 5.74) is 5.27. The summed E-state index contributed by atoms with van der Waals surface area (Å²) in [6.45, 7) is 0.0352. The zero-order chi connectivity index (χ0) is 12.1. The highest BCUT2D eigenvalue weighted by Gasteiger charge is 2.11. The Balaban J connectivity index is 2.62. The van der Waals surface area contributed by atoms with E-state index in [-0.39, 0.29) is 24.4 Å². The van der Waals surface area contributed by atoms with E-state index in [2.05, 4.69) is 0 Å². The average Bonchev–Trinajstić information content (AvgIpc) is 2.16. The molecular formula is C11H13FN2O2. The highest BCUT2D eigenvalue weighted by molar-refractivity contribution is 5.97. The Hall–Kier alpha value is -1.75. The number of benzene rings is 1. The average molecular weight is 224 g/mol. The first kappa shape index (κ1) is 12.3. The van der Waals surface area contributed by atoms with Gasteiger partial charge in [0.1, 0.15) is 5.82 Å². The van der Waals surface area contributed by atoms with Gasteiger partial charge in [-0.25, -0.2) is 4.39 Å². The summed E-state index contributed by atoms with van der Waals surface area (Å²) in [7, 11) is 1.60. The number of ketones is 1. The number of carbonyl (C=O) groups is 2. The van der Waals surface area contributed by atoms with Crippen LogP contribution in [0.3, 0.4) is 0 Å². The first-order valence-electron chi connectivity index (χ1n) is 4.74. The summed E-state index contributed by atoms with van der Waals surface area (Å²) in [5, 5.41) is 0. The van der Waals surface area contributed by atoms with Crippen molar-refractivity contribution < 1.29 is 14.0 Å². The third-order valence-electron chi connectivity index (χ3n) is 1.99. The number of hydrogen-bond donors (Lipinski definition) is 1. The van der Waals surface area contributed by atoms with E-state index in [9.17, 15) is 14.0 Å². The van der Waals surface area contributed by atoms with Crippen LogP contribution < -0.4 is 5.73 Å². The molecule has 1 aromatic carbocycles. The Morgan fingerprint density at radius 3 is 2.62 bits per heavy atom. The number of rotatable bonds is 5. The van der Waals surface area contributed by atoms with Gasteiger partial charge in [0.25, 0.3) is 0 Å². The summed E-state index contributed by atoms with van der Waals surface area (Å²) >= 11 is 0. The van der Waals surface area contributed by atoms with Gasteiger partial charge in [0.15, 0.2) is 5.78 Å². The SMILES string of the molecule is CN(CC(N)=O)CC(=O)c1cccc(F)c1. The summed E-state index contributed by atoms with van der Waals surface area (Å²) in [6.07, 6.45) is 0. The van der Waals surface area contributed by atoms with Crippen LogP contribution in [0.1, 0.15) is 10.4 Å². The van der Waals surface area contributed by atoms with Gasteiger partial charge in [-0.2, -0.15) is 0 Å². The molecule has 2 N–H and O–H groups in total. The fraction of sp³-hybridized carbons (Fsp3) is 0.273. The fourth-order valence-electron chi connectivity index (χ4n) is 1.32. The summed E-state index contributed by atoms with van der Waals surface area (Å²) in [4.78, 5) is 23.7. The minimum absolute atomic E-state index is 0.00105. The van der Waals surface area contributed by atoms with E-state index in [1.54, 1.807) is 7.05 Å². The molecule has 4 nitrogen and oxygen atoms in total. The Labute approximate surface area is 92.8 Å². The van der Waals surface area contributed by atoms with Crippen LogP contribution >= 0.6 is 0 Å². The van der Waals surface area contributed by atoms with Crippen molar-refractivity contribution in [3.63, 3.8) is 0 Å². The molecule has 0 saturated carbocycles. The molecule has 0 saturated heterocycles. The number of nitrogens with two attached hydrogens (primary N) is 1. The van der Waals surface area contributed by atoms with Crippen LogP contribution in [0.15, 0.2) is 24.3 Å². The number of hydrogen-bond acceptors (Lipinski definition) is 3. The molecular weight excluding hydrogens is 211 g/mol. The maximum atomic E-state index is 12.8. The van der Waals surface area contributed by atoms with Crippen LogP contribution in [0.5, 0.6) is 0 Å². The van der Waals surface area contributed by atoms with E-state index in [0.717, 1.165) is 0 Å². The summed E-state index contributed by atoms with van der Waals surface area (Å²) < 4.78 is 12.8. The van der Waals surface area contributed by atoms with Crippen LogP contribution in [0.25, 0.3) is 0 Å². The lowest BCUT2D eigenvalue weighted by atomic mass is 10.1. The monoisotopic (exact) mass is 224 g/mol. The Morgan fingerprint density at radius 2 is 2.06 bits per heavy atom. The molecule has 0 bridgehead atoms. The molecule has 86 valence electrons. The van der Waals surface area contributed by atoms with Gasteiger partial charge in [0.05, 0.1) is 13.1 Å². The third kappa shape index (κ3) is 3.78. The number of nitrogens with zero attached hydrogens (tertiary/aromatic N) is 1. The molecule has 5 heteroatoms. The maximum absolute atomic E-state index is 12.8. The van der Waals surface area contributed by atoms with Crippen molar-refractivity contribution in [3.05, 3.63) is 35.6 Å². The van der Waals surface area contributed by atoms with Gasteiger partial charge >= 0.3 is 0 Å². The third-order valence-corrected chi connectivity index (χ3v) is 1.99. The Kier molecular flexibility index (Phi) is 4.13. The molecule has 0 unspecified atom stereocenters. The predicted molar refractivity (Wildman–Crippen MR) is 57.4 cm³/mol. The van der Waals surface area contributed by atoms with Crippen LogP contribution in [0.4, 0.5) is 4.39 Å². The van der Waals surface area contributed by atoms with E-state index in [4.69, 9.17) is 5.73 Å². The second-order valence-electron chi connectivity index (χ2n) is 3.57. The minimum Gasteiger partial charge on any atom is -0.369 e. The molecule has 1 aromatic rings. The number of likely N-dealkylation sites (N-methyl/N-ethyl adjacent to an activating group) is 1. The predicted octanol–water partition coefficient (Wildman–Crippen LogP) is 0.426. The molecule has 0 aromatic heterocycles. The molecule has 0 heterocycles. The topological polar surface area (TPSA) is 63.4 Å². The van der Waals surface area contributed by atoms with Gasteiger partial charge in [0.2, 0.25) is 5.91 Å². The van der Waals surface area contributed by atoms with Gasteiger partial charge in [-0.1, -0.05) is 12.1 Å². The van der Waals surface area contributed by atoms with Crippen molar-refractivity contribution in [2.75, 3.05) is 20.1 Å². The largest absolute Gasteiger partial charge is 0.369 e. The zero-order valence-corrected chi connectivity index (χ0v) is 8.94. The quantitative estimate of drug-likeness (QED) is 0.737. The number of carbonyl (C=O) groups excluding carboxylic acids is 2. The second kappa shape index (κ2) is 5.37. The van der Waals surface area contributed by atoms with Gasteiger partial charge in [0, 0.05) is 5.56 Å². The van der Waals surface area contributed by atoms with Crippen LogP contribution in [0, 0.1) is 5.82 Å². The van der Waals surface area contributed by atoms with Crippen molar-refractivity contribution >= 4 is 11.7 Å². The van der Waals surface area contributed by atoms with Crippen molar-refractivity contribution in [1.29, 1.82) is 0 Å². The fourth-order valence-corrected chi connectivity index (χ4v) is 1.32. The van der Waals surface area contributed by atoms with E-state index in [0.29, 0.717) is 0 Å². The summed E-state index contributed by atoms with van der Waals surface area (Å²) in [6, 6.07) is 5.44. The van der Waals surface area contributed by atoms with Crippen molar-refractivity contribution in [3.8, 4) is 0 Å². The number of primary amides is 1. The molecule has 16 heavy (non-hydrogen) atoms. The van der Waals surface area contributed by atoms with Crippen molar-refractivity contribution in [1.82, 2.24) is 4.90 Å². The number of halogens is 1. The molecule has 0 spiro atoms. The molecule has 1 amide bonds. The molecule has 0 radical (unpaired) electrons. The van der Waals surface area contributed by atoms with E-state index < -0.39 is 11.7 Å². The Bertz CT molecular complexity index is 407. The van der Waals surface area contributed by atoms with Gasteiger partial charge < -0.3 is 5.73 Å². The summed E-state index contributed by atoms with van der Waals surface area (Å²) in [5.74, 6) is -1.21. The van der Waals surface area contributed by atoms with Crippen molar-refractivity contribution in [2.45, 2.75) is 0 Å². The molecule has 0 aliphatic rings. The smallest absolute Gasteiger partial charge is 0.231 e. The van der Waals surface area contributed by atoms with Crippen LogP contribution in [-0.2, 0) is 4.79 Å². The first-order valence-corrected chi connectivity index (χ1v) is 4.74. The molecule has 1 rings (SSSR count). The standard InChI is InChI=1S/C11H13FN2O2/c1-14(7-11(13)16)6-10(15)8-3-2-4-9(12)5-8/h2-5H,6-7H2,1H3,(H2,13,16). The van der Waals surface area contributed by atoms with E-state index in [1.165, 1.54) is 29.2 Å². The molecule has 0 aliphatic carbocycles. The normalized spacial score (nSPS) is 10.4. The van der Waals surface area contributed by atoms with Gasteiger partial charge in [-0.15, -0.1) is 0 Å². The van der Waals surface area contributed by atoms with E-state index >= 15 is 0 Å². The first-order chi connectivity index (χ1) is 7.49. The maximum Gasteiger partial charge on any atom is 0.231 e. The highest BCUT2D eigenvalue weighted by atomic mass is 19.1. The molecule has 0 aliphatic heterocycles. The number of amides is 1. The molecule has 0 atom stereocenters. The van der Waals surface area contributed by atoms with E-state index in [1.807, 2.05) is 0 Å². The highest BCUT2D eigenvalue weighted by Crippen LogP contribution is 2.04. The minimum atomic E-state index is -0.505. The second-order valence-corrected chi connectivity index (χ2v) is 3.57.